The highest BCUT2D eigenvalue weighted by molar-refractivity contribution is 6.29. The van der Waals surface area contributed by atoms with Crippen molar-refractivity contribution in [1.29, 1.82) is 0 Å². The Morgan fingerprint density at radius 1 is 1.40 bits per heavy atom. The van der Waals surface area contributed by atoms with Gasteiger partial charge in [-0.05, 0) is 13.0 Å². The van der Waals surface area contributed by atoms with Gasteiger partial charge in [0.2, 0.25) is 0 Å². The highest BCUT2D eigenvalue weighted by Crippen LogP contribution is 2.10. The summed E-state index contributed by atoms with van der Waals surface area (Å²) >= 11 is 5.86. The van der Waals surface area contributed by atoms with Crippen LogP contribution in [0.25, 0.3) is 0 Å². The Balaban J connectivity index is 2.78. The Morgan fingerprint density at radius 2 is 2.13 bits per heavy atom. The monoisotopic (exact) mass is 230 g/mol. The average Bonchev–Trinajstić information content (AvgIpc) is 2.17. The van der Waals surface area contributed by atoms with E-state index in [1.165, 1.54) is 0 Å². The Morgan fingerprint density at radius 3 is 2.73 bits per heavy atom. The molecule has 4 nitrogen and oxygen atoms in total. The van der Waals surface area contributed by atoms with E-state index in [4.69, 9.17) is 21.1 Å². The summed E-state index contributed by atoms with van der Waals surface area (Å²) in [6.45, 7) is 2.40. The van der Waals surface area contributed by atoms with Gasteiger partial charge in [-0.25, -0.2) is 9.97 Å². The van der Waals surface area contributed by atoms with Crippen molar-refractivity contribution in [2.75, 3.05) is 14.2 Å². The molecule has 15 heavy (non-hydrogen) atoms. The zero-order chi connectivity index (χ0) is 11.3. The van der Waals surface area contributed by atoms with E-state index in [-0.39, 0.29) is 6.10 Å². The van der Waals surface area contributed by atoms with Crippen LogP contribution < -0.4 is 0 Å². The second-order valence-corrected chi connectivity index (χ2v) is 3.67. The predicted molar refractivity (Wildman–Crippen MR) is 57.9 cm³/mol. The second kappa shape index (κ2) is 6.00. The van der Waals surface area contributed by atoms with Crippen molar-refractivity contribution in [3.05, 3.63) is 22.7 Å². The molecule has 0 aromatic carbocycles. The molecule has 84 valence electrons. The third-order valence-corrected chi connectivity index (χ3v) is 2.15. The van der Waals surface area contributed by atoms with Crippen LogP contribution in [0.1, 0.15) is 18.4 Å². The summed E-state index contributed by atoms with van der Waals surface area (Å²) in [4.78, 5) is 8.43. The minimum atomic E-state index is 0.0823. The molecule has 0 spiro atoms. The highest BCUT2D eigenvalue weighted by atomic mass is 35.5. The van der Waals surface area contributed by atoms with E-state index in [0.29, 0.717) is 24.0 Å². The van der Waals surface area contributed by atoms with E-state index in [1.807, 2.05) is 6.92 Å². The normalized spacial score (nSPS) is 12.8. The van der Waals surface area contributed by atoms with Crippen LogP contribution in [-0.4, -0.2) is 30.3 Å². The van der Waals surface area contributed by atoms with Gasteiger partial charge in [0.1, 0.15) is 11.0 Å². The molecule has 0 aliphatic rings. The summed E-state index contributed by atoms with van der Waals surface area (Å²) in [6, 6.07) is 1.70. The lowest BCUT2D eigenvalue weighted by Gasteiger charge is -2.09. The summed E-state index contributed by atoms with van der Waals surface area (Å²) in [5.41, 5.74) is 0.788. The van der Waals surface area contributed by atoms with Gasteiger partial charge in [-0.15, -0.1) is 0 Å². The van der Waals surface area contributed by atoms with Crippen LogP contribution in [0, 0.1) is 0 Å². The quantitative estimate of drug-likeness (QED) is 0.725. The molecule has 1 aromatic heterocycles. The SMILES string of the molecule is COCc1cc(Cl)nc(CC(C)OC)n1. The van der Waals surface area contributed by atoms with Gasteiger partial charge in [0.05, 0.1) is 18.4 Å². The molecule has 0 aliphatic carbocycles. The average molecular weight is 231 g/mol. The number of hydrogen-bond acceptors (Lipinski definition) is 4. The van der Waals surface area contributed by atoms with E-state index in [0.717, 1.165) is 5.69 Å². The van der Waals surface area contributed by atoms with Gasteiger partial charge in [-0.1, -0.05) is 11.6 Å². The fraction of sp³-hybridized carbons (Fsp3) is 0.600. The standard InChI is InChI=1S/C10H15ClN2O2/c1-7(15-3)4-10-12-8(6-14-2)5-9(11)13-10/h5,7H,4,6H2,1-3H3. The molecule has 1 atom stereocenters. The molecule has 5 heteroatoms. The van der Waals surface area contributed by atoms with Crippen LogP contribution in [0.4, 0.5) is 0 Å². The minimum absolute atomic E-state index is 0.0823. The molecule has 0 N–H and O–H groups in total. The maximum Gasteiger partial charge on any atom is 0.133 e. The lowest BCUT2D eigenvalue weighted by molar-refractivity contribution is 0.116. The van der Waals surface area contributed by atoms with Crippen molar-refractivity contribution in [2.45, 2.75) is 26.1 Å². The first-order valence-electron chi connectivity index (χ1n) is 4.69. The smallest absolute Gasteiger partial charge is 0.133 e. The van der Waals surface area contributed by atoms with Gasteiger partial charge in [-0.3, -0.25) is 0 Å². The van der Waals surface area contributed by atoms with Gasteiger partial charge >= 0.3 is 0 Å². The Kier molecular flexibility index (Phi) is 4.94. The molecule has 0 saturated heterocycles. The van der Waals surface area contributed by atoms with Crippen LogP contribution in [0.2, 0.25) is 5.15 Å². The second-order valence-electron chi connectivity index (χ2n) is 3.28. The van der Waals surface area contributed by atoms with Gasteiger partial charge in [0, 0.05) is 20.6 Å². The molecular formula is C10H15ClN2O2. The van der Waals surface area contributed by atoms with E-state index in [2.05, 4.69) is 9.97 Å². The first kappa shape index (κ1) is 12.4. The van der Waals surface area contributed by atoms with Crippen LogP contribution in [0.3, 0.4) is 0 Å². The first-order valence-corrected chi connectivity index (χ1v) is 5.07. The Labute approximate surface area is 94.6 Å². The fourth-order valence-corrected chi connectivity index (χ4v) is 1.39. The molecule has 1 aromatic rings. The third kappa shape index (κ3) is 4.11. The van der Waals surface area contributed by atoms with Crippen molar-refractivity contribution in [3.63, 3.8) is 0 Å². The summed E-state index contributed by atoms with van der Waals surface area (Å²) < 4.78 is 10.1. The molecule has 1 unspecified atom stereocenters. The van der Waals surface area contributed by atoms with E-state index >= 15 is 0 Å². The minimum Gasteiger partial charge on any atom is -0.381 e. The van der Waals surface area contributed by atoms with Crippen molar-refractivity contribution >= 4 is 11.6 Å². The van der Waals surface area contributed by atoms with Crippen molar-refractivity contribution in [2.24, 2.45) is 0 Å². The van der Waals surface area contributed by atoms with E-state index in [9.17, 15) is 0 Å². The lowest BCUT2D eigenvalue weighted by Crippen LogP contribution is -2.12. The summed E-state index contributed by atoms with van der Waals surface area (Å²) in [6.07, 6.45) is 0.729. The number of rotatable bonds is 5. The predicted octanol–water partition coefficient (Wildman–Crippen LogP) is 1.85. The fourth-order valence-electron chi connectivity index (χ4n) is 1.17. The maximum atomic E-state index is 5.86. The molecule has 1 rings (SSSR count). The van der Waals surface area contributed by atoms with E-state index < -0.39 is 0 Å². The molecular weight excluding hydrogens is 216 g/mol. The number of ether oxygens (including phenoxy) is 2. The van der Waals surface area contributed by atoms with Crippen LogP contribution in [0.15, 0.2) is 6.07 Å². The molecule has 0 amide bonds. The maximum absolute atomic E-state index is 5.86. The largest absolute Gasteiger partial charge is 0.381 e. The van der Waals surface area contributed by atoms with E-state index in [1.54, 1.807) is 20.3 Å². The zero-order valence-electron chi connectivity index (χ0n) is 9.16. The number of methoxy groups -OCH3 is 2. The van der Waals surface area contributed by atoms with Gasteiger partial charge < -0.3 is 9.47 Å². The summed E-state index contributed by atoms with van der Waals surface area (Å²) in [5.74, 6) is 0.684. The van der Waals surface area contributed by atoms with Crippen LogP contribution in [-0.2, 0) is 22.5 Å². The first-order chi connectivity index (χ1) is 7.15. The molecule has 1 heterocycles. The lowest BCUT2D eigenvalue weighted by atomic mass is 10.2. The van der Waals surface area contributed by atoms with Gasteiger partial charge in [0.15, 0.2) is 0 Å². The summed E-state index contributed by atoms with van der Waals surface area (Å²) in [5, 5.41) is 0.440. The molecule has 0 saturated carbocycles. The molecule has 0 aliphatic heterocycles. The third-order valence-electron chi connectivity index (χ3n) is 1.96. The zero-order valence-corrected chi connectivity index (χ0v) is 9.91. The van der Waals surface area contributed by atoms with Crippen LogP contribution >= 0.6 is 11.6 Å². The Hall–Kier alpha value is -0.710. The molecule has 0 fully saturated rings. The number of halogens is 1. The Bertz CT molecular complexity index is 320. The number of hydrogen-bond donors (Lipinski definition) is 0. The topological polar surface area (TPSA) is 44.2 Å². The van der Waals surface area contributed by atoms with Crippen molar-refractivity contribution in [3.8, 4) is 0 Å². The van der Waals surface area contributed by atoms with Crippen molar-refractivity contribution in [1.82, 2.24) is 9.97 Å². The van der Waals surface area contributed by atoms with Crippen molar-refractivity contribution < 1.29 is 9.47 Å². The summed E-state index contributed by atoms with van der Waals surface area (Å²) in [7, 11) is 3.28. The molecule has 0 bridgehead atoms. The highest BCUT2D eigenvalue weighted by Gasteiger charge is 2.07. The molecule has 0 radical (unpaired) electrons. The van der Waals surface area contributed by atoms with Gasteiger partial charge in [-0.2, -0.15) is 0 Å². The number of aromatic nitrogens is 2. The van der Waals surface area contributed by atoms with Crippen LogP contribution in [0.5, 0.6) is 0 Å². The van der Waals surface area contributed by atoms with Gasteiger partial charge in [0.25, 0.3) is 0 Å². The number of nitrogens with zero attached hydrogens (tertiary/aromatic N) is 2.